The Bertz CT molecular complexity index is 265. The van der Waals surface area contributed by atoms with Crippen LogP contribution in [-0.2, 0) is 0 Å². The Labute approximate surface area is 67.7 Å². The fourth-order valence-corrected chi connectivity index (χ4v) is 1.33. The number of hydrazone groups is 1. The van der Waals surface area contributed by atoms with E-state index in [9.17, 15) is 0 Å². The van der Waals surface area contributed by atoms with E-state index in [0.717, 1.165) is 4.88 Å². The van der Waals surface area contributed by atoms with Gasteiger partial charge in [0.2, 0.25) is 0 Å². The summed E-state index contributed by atoms with van der Waals surface area (Å²) in [6.07, 6.45) is 1.20. The Kier molecular flexibility index (Phi) is 2.62. The zero-order valence-electron chi connectivity index (χ0n) is 5.64. The van der Waals surface area contributed by atoms with Crippen LogP contribution in [0.5, 0.6) is 0 Å². The highest BCUT2D eigenvalue weighted by molar-refractivity contribution is 7.12. The molecule has 0 aromatic carbocycles. The van der Waals surface area contributed by atoms with Crippen LogP contribution >= 0.6 is 11.3 Å². The molecule has 0 spiro atoms. The van der Waals surface area contributed by atoms with Crippen molar-refractivity contribution in [3.8, 4) is 0 Å². The van der Waals surface area contributed by atoms with Gasteiger partial charge in [0, 0.05) is 0 Å². The van der Waals surface area contributed by atoms with Gasteiger partial charge in [-0.1, -0.05) is 11.2 Å². The first kappa shape index (κ1) is 7.74. The second-order valence-electron chi connectivity index (χ2n) is 1.74. The topological polar surface area (TPSA) is 71.0 Å². The Balaban J connectivity index is 2.89. The minimum Gasteiger partial charge on any atom is -0.411 e. The summed E-state index contributed by atoms with van der Waals surface area (Å²) < 4.78 is 0. The number of thiophene rings is 1. The Morgan fingerprint density at radius 2 is 2.55 bits per heavy atom. The molecule has 5 heteroatoms. The summed E-state index contributed by atoms with van der Waals surface area (Å²) in [6, 6.07) is 3.72. The van der Waals surface area contributed by atoms with Crippen LogP contribution in [0.4, 0.5) is 0 Å². The third kappa shape index (κ3) is 1.78. The van der Waals surface area contributed by atoms with E-state index in [2.05, 4.69) is 10.3 Å². The van der Waals surface area contributed by atoms with Gasteiger partial charge in [-0.15, -0.1) is 11.3 Å². The zero-order chi connectivity index (χ0) is 8.10. The molecule has 58 valence electrons. The van der Waals surface area contributed by atoms with Gasteiger partial charge in [0.1, 0.15) is 5.71 Å². The minimum atomic E-state index is 0.475. The van der Waals surface area contributed by atoms with E-state index in [-0.39, 0.29) is 0 Å². The maximum atomic E-state index is 8.20. The summed E-state index contributed by atoms with van der Waals surface area (Å²) >= 11 is 1.48. The van der Waals surface area contributed by atoms with Crippen LogP contribution in [0.3, 0.4) is 0 Å². The number of oxime groups is 1. The van der Waals surface area contributed by atoms with Crippen LogP contribution < -0.4 is 5.84 Å². The van der Waals surface area contributed by atoms with Crippen molar-refractivity contribution in [1.29, 1.82) is 0 Å². The van der Waals surface area contributed by atoms with Crippen LogP contribution in [0.15, 0.2) is 27.8 Å². The molecule has 0 fully saturated rings. The van der Waals surface area contributed by atoms with Gasteiger partial charge in [0.15, 0.2) is 0 Å². The molecule has 0 radical (unpaired) electrons. The van der Waals surface area contributed by atoms with Crippen LogP contribution in [0.25, 0.3) is 0 Å². The quantitative estimate of drug-likeness (QED) is 0.298. The molecule has 4 nitrogen and oxygen atoms in total. The van der Waals surface area contributed by atoms with Crippen molar-refractivity contribution in [2.24, 2.45) is 16.1 Å². The first-order valence-corrected chi connectivity index (χ1v) is 3.75. The molecule has 0 aliphatic heterocycles. The van der Waals surface area contributed by atoms with Crippen molar-refractivity contribution < 1.29 is 5.21 Å². The molecule has 1 aromatic rings. The maximum Gasteiger partial charge on any atom is 0.121 e. The molecular formula is C6H7N3OS. The van der Waals surface area contributed by atoms with Crippen LogP contribution in [0, 0.1) is 0 Å². The predicted octanol–water partition coefficient (Wildman–Crippen LogP) is 0.871. The molecule has 3 N–H and O–H groups in total. The van der Waals surface area contributed by atoms with Gasteiger partial charge in [-0.25, -0.2) is 0 Å². The summed E-state index contributed by atoms with van der Waals surface area (Å²) in [5.74, 6) is 5.04. The third-order valence-corrected chi connectivity index (χ3v) is 1.99. The van der Waals surface area contributed by atoms with Gasteiger partial charge < -0.3 is 11.0 Å². The van der Waals surface area contributed by atoms with Crippen LogP contribution in [-0.4, -0.2) is 17.1 Å². The van der Waals surface area contributed by atoms with Crippen molar-refractivity contribution >= 4 is 23.3 Å². The third-order valence-electron chi connectivity index (χ3n) is 1.09. The van der Waals surface area contributed by atoms with Crippen LogP contribution in [0.1, 0.15) is 4.88 Å². The van der Waals surface area contributed by atoms with Crippen LogP contribution in [0.2, 0.25) is 0 Å². The van der Waals surface area contributed by atoms with E-state index in [0.29, 0.717) is 5.71 Å². The first-order valence-electron chi connectivity index (χ1n) is 2.87. The highest BCUT2D eigenvalue weighted by Crippen LogP contribution is 2.08. The molecule has 0 bridgehead atoms. The zero-order valence-corrected chi connectivity index (χ0v) is 6.45. The molecule has 1 heterocycles. The monoisotopic (exact) mass is 169 g/mol. The number of rotatable bonds is 2. The fraction of sp³-hybridized carbons (Fsp3) is 0. The van der Waals surface area contributed by atoms with E-state index in [1.54, 1.807) is 0 Å². The molecule has 0 saturated carbocycles. The van der Waals surface area contributed by atoms with E-state index >= 15 is 0 Å². The van der Waals surface area contributed by atoms with Crippen molar-refractivity contribution in [1.82, 2.24) is 0 Å². The van der Waals surface area contributed by atoms with Gasteiger partial charge in [0.05, 0.1) is 11.1 Å². The molecular weight excluding hydrogens is 162 g/mol. The molecule has 0 unspecified atom stereocenters. The number of hydrogen-bond donors (Lipinski definition) is 2. The van der Waals surface area contributed by atoms with E-state index in [1.807, 2.05) is 17.5 Å². The molecule has 0 saturated heterocycles. The summed E-state index contributed by atoms with van der Waals surface area (Å²) in [7, 11) is 0. The highest BCUT2D eigenvalue weighted by Gasteiger charge is 1.99. The Morgan fingerprint density at radius 1 is 1.73 bits per heavy atom. The van der Waals surface area contributed by atoms with Gasteiger partial charge in [-0.3, -0.25) is 0 Å². The first-order chi connectivity index (χ1) is 5.38. The molecule has 1 aromatic heterocycles. The summed E-state index contributed by atoms with van der Waals surface area (Å²) in [4.78, 5) is 0.880. The number of nitrogens with zero attached hydrogens (tertiary/aromatic N) is 2. The lowest BCUT2D eigenvalue weighted by molar-refractivity contribution is 0.322. The standard InChI is InChI=1S/C6H7N3OS/c7-9-5(4-8-10)6-2-1-3-11-6/h1-4,10H,7H2/b8-4+,9-5+. The fourth-order valence-electron chi connectivity index (χ4n) is 0.640. The minimum absolute atomic E-state index is 0.475. The molecule has 0 aliphatic carbocycles. The van der Waals surface area contributed by atoms with Gasteiger partial charge in [-0.2, -0.15) is 5.10 Å². The smallest absolute Gasteiger partial charge is 0.121 e. The Morgan fingerprint density at radius 3 is 3.00 bits per heavy atom. The van der Waals surface area contributed by atoms with Crippen molar-refractivity contribution in [3.63, 3.8) is 0 Å². The van der Waals surface area contributed by atoms with E-state index in [4.69, 9.17) is 11.0 Å². The second-order valence-corrected chi connectivity index (χ2v) is 2.68. The normalized spacial score (nSPS) is 12.5. The lowest BCUT2D eigenvalue weighted by Gasteiger charge is -1.90. The van der Waals surface area contributed by atoms with E-state index in [1.165, 1.54) is 17.6 Å². The Hall–Kier alpha value is -1.36. The lowest BCUT2D eigenvalue weighted by atomic mass is 10.3. The van der Waals surface area contributed by atoms with Crippen molar-refractivity contribution in [2.75, 3.05) is 0 Å². The SMILES string of the molecule is N/N=C(\C=N\O)c1cccs1. The van der Waals surface area contributed by atoms with Gasteiger partial charge >= 0.3 is 0 Å². The van der Waals surface area contributed by atoms with E-state index < -0.39 is 0 Å². The molecule has 11 heavy (non-hydrogen) atoms. The maximum absolute atomic E-state index is 8.20. The highest BCUT2D eigenvalue weighted by atomic mass is 32.1. The lowest BCUT2D eigenvalue weighted by Crippen LogP contribution is -2.03. The van der Waals surface area contributed by atoms with Crippen molar-refractivity contribution in [3.05, 3.63) is 22.4 Å². The summed E-state index contributed by atoms with van der Waals surface area (Å²) in [5.41, 5.74) is 0.475. The molecule has 0 aliphatic rings. The summed E-state index contributed by atoms with van der Waals surface area (Å²) in [5, 5.41) is 16.4. The second kappa shape index (κ2) is 3.72. The molecule has 0 atom stereocenters. The number of hydrogen-bond acceptors (Lipinski definition) is 5. The predicted molar refractivity (Wildman–Crippen MR) is 45.3 cm³/mol. The largest absolute Gasteiger partial charge is 0.411 e. The molecule has 0 amide bonds. The molecule has 1 rings (SSSR count). The van der Waals surface area contributed by atoms with Gasteiger partial charge in [0.25, 0.3) is 0 Å². The summed E-state index contributed by atoms with van der Waals surface area (Å²) in [6.45, 7) is 0. The van der Waals surface area contributed by atoms with Gasteiger partial charge in [-0.05, 0) is 11.4 Å². The van der Waals surface area contributed by atoms with Crippen molar-refractivity contribution in [2.45, 2.75) is 0 Å². The average Bonchev–Trinajstić information content (AvgIpc) is 2.52. The number of nitrogens with two attached hydrogens (primary N) is 1. The average molecular weight is 169 g/mol.